The Balaban J connectivity index is 1.94. The molecular weight excluding hydrogens is 324 g/mol. The maximum Gasteiger partial charge on any atom is 0.199 e. The molecule has 4 rings (SSSR count). The maximum atomic E-state index is 8.85. The number of benzene rings is 1. The quantitative estimate of drug-likeness (QED) is 0.248. The van der Waals surface area contributed by atoms with Crippen molar-refractivity contribution in [2.75, 3.05) is 5.73 Å². The minimum absolute atomic E-state index is 0.101. The van der Waals surface area contributed by atoms with E-state index in [9.17, 15) is 0 Å². The summed E-state index contributed by atoms with van der Waals surface area (Å²) in [4.78, 5) is 8.61. The molecule has 10 heteroatoms. The largest absolute Gasteiger partial charge is 0.379 e. The third-order valence-electron chi connectivity index (χ3n) is 3.71. The summed E-state index contributed by atoms with van der Waals surface area (Å²) in [7, 11) is 0. The smallest absolute Gasteiger partial charge is 0.199 e. The molecule has 0 saturated carbocycles. The van der Waals surface area contributed by atoms with Gasteiger partial charge in [0.25, 0.3) is 0 Å². The zero-order valence-corrected chi connectivity index (χ0v) is 12.7. The van der Waals surface area contributed by atoms with Crippen LogP contribution >= 0.6 is 0 Å². The fourth-order valence-electron chi connectivity index (χ4n) is 2.54. The molecule has 0 radical (unpaired) electrons. The van der Waals surface area contributed by atoms with Crippen LogP contribution in [-0.2, 0) is 0 Å². The number of imidazole rings is 1. The van der Waals surface area contributed by atoms with Crippen molar-refractivity contribution < 1.29 is 9.84 Å². The van der Waals surface area contributed by atoms with Gasteiger partial charge in [-0.3, -0.25) is 25.6 Å². The van der Waals surface area contributed by atoms with Crippen molar-refractivity contribution in [1.29, 1.82) is 5.41 Å². The number of hydroxylamine groups is 1. The van der Waals surface area contributed by atoms with Gasteiger partial charge < -0.3 is 5.73 Å². The number of hydrogen-bond donors (Lipinski definition) is 4. The zero-order valence-electron chi connectivity index (χ0n) is 12.7. The first-order valence-electron chi connectivity index (χ1n) is 7.19. The Morgan fingerprint density at radius 2 is 2.00 bits per heavy atom. The van der Waals surface area contributed by atoms with E-state index >= 15 is 0 Å². The van der Waals surface area contributed by atoms with Gasteiger partial charge >= 0.3 is 0 Å². The van der Waals surface area contributed by atoms with E-state index in [0.717, 1.165) is 11.2 Å². The second-order valence-electron chi connectivity index (χ2n) is 5.17. The van der Waals surface area contributed by atoms with Crippen LogP contribution < -0.4 is 11.2 Å². The molecule has 3 aromatic heterocycles. The van der Waals surface area contributed by atoms with E-state index in [-0.39, 0.29) is 11.7 Å². The van der Waals surface area contributed by atoms with Gasteiger partial charge in [-0.25, -0.2) is 9.61 Å². The van der Waals surface area contributed by atoms with Crippen molar-refractivity contribution in [2.45, 2.75) is 0 Å². The minimum Gasteiger partial charge on any atom is -0.379 e. The molecule has 0 aliphatic carbocycles. The van der Waals surface area contributed by atoms with Crippen molar-refractivity contribution >= 4 is 22.7 Å². The molecule has 0 spiro atoms. The summed E-state index contributed by atoms with van der Waals surface area (Å²) >= 11 is 0. The number of pyridine rings is 1. The molecular formula is C15H12N8O2. The highest BCUT2D eigenvalue weighted by Crippen LogP contribution is 2.29. The number of fused-ring (bicyclic) bond motifs is 1. The summed E-state index contributed by atoms with van der Waals surface area (Å²) in [6.07, 6.45) is 3.30. The van der Waals surface area contributed by atoms with Crippen LogP contribution in [0.5, 0.6) is 0 Å². The number of nitrogen functional groups attached to an aromatic ring is 1. The van der Waals surface area contributed by atoms with E-state index in [1.165, 1.54) is 0 Å². The fraction of sp³-hybridized carbons (Fsp3) is 0. The second kappa shape index (κ2) is 5.69. The van der Waals surface area contributed by atoms with Crippen LogP contribution in [0, 0.1) is 5.41 Å². The lowest BCUT2D eigenvalue weighted by Gasteiger charge is -2.09. The van der Waals surface area contributed by atoms with Crippen LogP contribution in [0.1, 0.15) is 5.56 Å². The van der Waals surface area contributed by atoms with E-state index in [1.807, 2.05) is 16.1 Å². The molecule has 3 heterocycles. The number of aromatic nitrogens is 5. The SMILES string of the molecule is N=C(NO)c1ccc(-n2c(-c3nonc3N)nc3cnccc32)cc1. The van der Waals surface area contributed by atoms with Gasteiger partial charge in [0.1, 0.15) is 11.4 Å². The highest BCUT2D eigenvalue weighted by molar-refractivity contribution is 5.95. The summed E-state index contributed by atoms with van der Waals surface area (Å²) in [5.41, 5.74) is 10.7. The van der Waals surface area contributed by atoms with Crippen molar-refractivity contribution in [3.05, 3.63) is 48.3 Å². The molecule has 0 unspecified atom stereocenters. The first-order valence-corrected chi connectivity index (χ1v) is 7.19. The predicted octanol–water partition coefficient (Wildman–Crippen LogP) is 1.36. The van der Waals surface area contributed by atoms with Crippen LogP contribution in [0.2, 0.25) is 0 Å². The lowest BCUT2D eigenvalue weighted by molar-refractivity contribution is 0.234. The minimum atomic E-state index is -0.101. The summed E-state index contributed by atoms with van der Waals surface area (Å²) in [6.45, 7) is 0. The average molecular weight is 336 g/mol. The van der Waals surface area contributed by atoms with E-state index in [4.69, 9.17) is 21.0 Å². The fourth-order valence-corrected chi connectivity index (χ4v) is 2.54. The summed E-state index contributed by atoms with van der Waals surface area (Å²) in [5.74, 6) is 0.494. The normalized spacial score (nSPS) is 10.9. The molecule has 124 valence electrons. The number of nitrogens with two attached hydrogens (primary N) is 1. The standard InChI is InChI=1S/C15H12N8O2/c16-13(20-24)8-1-3-9(4-2-8)23-11-5-6-18-7-10(11)19-15(23)12-14(17)22-25-21-12/h1-7,24H,(H2,16,20)(H2,17,22). The van der Waals surface area contributed by atoms with Crippen LogP contribution in [0.25, 0.3) is 28.2 Å². The third-order valence-corrected chi connectivity index (χ3v) is 3.71. The molecule has 0 bridgehead atoms. The van der Waals surface area contributed by atoms with Gasteiger partial charge in [0.05, 0.1) is 11.7 Å². The molecule has 5 N–H and O–H groups in total. The summed E-state index contributed by atoms with van der Waals surface area (Å²) in [6, 6.07) is 8.79. The number of nitrogens with one attached hydrogen (secondary N) is 2. The molecule has 4 aromatic rings. The van der Waals surface area contributed by atoms with Crippen LogP contribution in [0.3, 0.4) is 0 Å². The second-order valence-corrected chi connectivity index (χ2v) is 5.17. The molecule has 25 heavy (non-hydrogen) atoms. The third kappa shape index (κ3) is 2.37. The molecule has 0 fully saturated rings. The highest BCUT2D eigenvalue weighted by Gasteiger charge is 2.20. The van der Waals surface area contributed by atoms with Crippen molar-refractivity contribution in [1.82, 2.24) is 30.3 Å². The molecule has 10 nitrogen and oxygen atoms in total. The zero-order chi connectivity index (χ0) is 17.4. The van der Waals surface area contributed by atoms with Gasteiger partial charge in [0, 0.05) is 17.4 Å². The van der Waals surface area contributed by atoms with E-state index in [1.54, 1.807) is 36.7 Å². The summed E-state index contributed by atoms with van der Waals surface area (Å²) < 4.78 is 6.53. The van der Waals surface area contributed by atoms with Crippen molar-refractivity contribution in [3.63, 3.8) is 0 Å². The lowest BCUT2D eigenvalue weighted by Crippen LogP contribution is -2.18. The van der Waals surface area contributed by atoms with E-state index in [0.29, 0.717) is 22.6 Å². The average Bonchev–Trinajstić information content (AvgIpc) is 3.24. The topological polar surface area (TPSA) is 152 Å². The number of anilines is 1. The number of hydrogen-bond acceptors (Lipinski definition) is 8. The Labute approximate surface area is 140 Å². The van der Waals surface area contributed by atoms with Crippen molar-refractivity contribution in [3.8, 4) is 17.2 Å². The monoisotopic (exact) mass is 336 g/mol. The van der Waals surface area contributed by atoms with Gasteiger partial charge in [-0.1, -0.05) is 0 Å². The van der Waals surface area contributed by atoms with Gasteiger partial charge in [0.15, 0.2) is 17.3 Å². The molecule has 0 aliphatic rings. The number of rotatable bonds is 3. The Kier molecular flexibility index (Phi) is 3.36. The number of amidine groups is 1. The van der Waals surface area contributed by atoms with Gasteiger partial charge in [-0.2, -0.15) is 0 Å². The lowest BCUT2D eigenvalue weighted by atomic mass is 10.2. The highest BCUT2D eigenvalue weighted by atomic mass is 16.6. The first kappa shape index (κ1) is 14.8. The molecule has 0 aliphatic heterocycles. The Morgan fingerprint density at radius 3 is 2.68 bits per heavy atom. The Hall–Kier alpha value is -3.79. The Bertz CT molecular complexity index is 1070. The van der Waals surface area contributed by atoms with Crippen LogP contribution in [0.15, 0.2) is 47.4 Å². The Morgan fingerprint density at radius 1 is 1.20 bits per heavy atom. The molecule has 0 saturated heterocycles. The van der Waals surface area contributed by atoms with E-state index < -0.39 is 0 Å². The molecule has 0 atom stereocenters. The van der Waals surface area contributed by atoms with E-state index in [2.05, 4.69) is 20.3 Å². The maximum absolute atomic E-state index is 8.85. The molecule has 0 amide bonds. The number of nitrogens with zero attached hydrogens (tertiary/aromatic N) is 5. The molecule has 1 aromatic carbocycles. The van der Waals surface area contributed by atoms with Gasteiger partial charge in [0.2, 0.25) is 0 Å². The summed E-state index contributed by atoms with van der Waals surface area (Å²) in [5, 5.41) is 23.9. The van der Waals surface area contributed by atoms with Gasteiger partial charge in [-0.05, 0) is 40.6 Å². The van der Waals surface area contributed by atoms with Crippen LogP contribution in [-0.4, -0.2) is 35.9 Å². The first-order chi connectivity index (χ1) is 12.2. The predicted molar refractivity (Wildman–Crippen MR) is 88.3 cm³/mol. The van der Waals surface area contributed by atoms with Crippen LogP contribution in [0.4, 0.5) is 5.82 Å². The van der Waals surface area contributed by atoms with Crippen molar-refractivity contribution in [2.24, 2.45) is 0 Å². The van der Waals surface area contributed by atoms with Gasteiger partial charge in [-0.15, -0.1) is 0 Å².